The van der Waals surface area contributed by atoms with Gasteiger partial charge in [0.15, 0.2) is 0 Å². The normalized spacial score (nSPS) is 19.4. The lowest BCUT2D eigenvalue weighted by molar-refractivity contribution is -0.137. The number of imide groups is 1. The van der Waals surface area contributed by atoms with Gasteiger partial charge < -0.3 is 34.5 Å². The molecule has 3 aliphatic heterocycles. The molecule has 1 unspecified atom stereocenters. The zero-order chi connectivity index (χ0) is 26.7. The molecule has 216 valence electrons. The van der Waals surface area contributed by atoms with Crippen LogP contribution in [-0.4, -0.2) is 100 Å². The van der Waals surface area contributed by atoms with Crippen molar-refractivity contribution in [1.82, 2.24) is 15.5 Å². The van der Waals surface area contributed by atoms with E-state index >= 15 is 0 Å². The van der Waals surface area contributed by atoms with Gasteiger partial charge in [-0.15, -0.1) is 12.4 Å². The second-order valence-electron chi connectivity index (χ2n) is 9.38. The van der Waals surface area contributed by atoms with Gasteiger partial charge in [-0.25, -0.2) is 0 Å². The number of rotatable bonds is 14. The molecule has 0 saturated carbocycles. The van der Waals surface area contributed by atoms with E-state index in [0.717, 1.165) is 25.9 Å². The third-order valence-electron chi connectivity index (χ3n) is 6.70. The van der Waals surface area contributed by atoms with Gasteiger partial charge in [0.1, 0.15) is 12.6 Å². The minimum atomic E-state index is -0.711. The van der Waals surface area contributed by atoms with E-state index in [1.807, 2.05) is 0 Å². The summed E-state index contributed by atoms with van der Waals surface area (Å²) in [6, 6.07) is 4.34. The molecule has 13 heteroatoms. The van der Waals surface area contributed by atoms with Crippen LogP contribution in [-0.2, 0) is 39.9 Å². The van der Waals surface area contributed by atoms with Gasteiger partial charge in [-0.1, -0.05) is 6.07 Å². The van der Waals surface area contributed by atoms with Gasteiger partial charge in [0, 0.05) is 29.8 Å². The van der Waals surface area contributed by atoms with E-state index in [2.05, 4.69) is 16.0 Å². The number of fused-ring (bicyclic) bond motifs is 1. The van der Waals surface area contributed by atoms with E-state index in [1.165, 1.54) is 4.90 Å². The molecule has 1 aromatic carbocycles. The Balaban J connectivity index is 0.00000420. The number of carbonyl (C=O) groups excluding carboxylic acids is 4. The minimum absolute atomic E-state index is 0. The maximum Gasteiger partial charge on any atom is 0.255 e. The van der Waals surface area contributed by atoms with E-state index < -0.39 is 11.9 Å². The highest BCUT2D eigenvalue weighted by atomic mass is 35.5. The summed E-state index contributed by atoms with van der Waals surface area (Å²) >= 11 is 0. The first-order valence-corrected chi connectivity index (χ1v) is 13.1. The molecule has 1 atom stereocenters. The third-order valence-corrected chi connectivity index (χ3v) is 6.70. The molecule has 3 aliphatic rings. The number of nitrogens with zero attached hydrogens (tertiary/aromatic N) is 1. The van der Waals surface area contributed by atoms with Crippen LogP contribution in [0.15, 0.2) is 18.2 Å². The van der Waals surface area contributed by atoms with Crippen molar-refractivity contribution in [2.75, 3.05) is 64.7 Å². The monoisotopic (exact) mass is 568 g/mol. The predicted molar refractivity (Wildman–Crippen MR) is 143 cm³/mol. The second-order valence-corrected chi connectivity index (χ2v) is 9.38. The molecule has 4 rings (SSSR count). The van der Waals surface area contributed by atoms with Crippen LogP contribution in [0.2, 0.25) is 0 Å². The SMILES string of the molecule is Cl.O=C1CCC(N2Cc3c(NC(=O)COCCOCCOCCOC4CCNCC4)cccc3C2=O)C(=O)N1. The molecule has 3 N–H and O–H groups in total. The Bertz CT molecular complexity index is 1000. The molecule has 2 fully saturated rings. The van der Waals surface area contributed by atoms with Crippen LogP contribution in [0.5, 0.6) is 0 Å². The lowest BCUT2D eigenvalue weighted by Gasteiger charge is -2.29. The van der Waals surface area contributed by atoms with Crippen molar-refractivity contribution < 1.29 is 38.1 Å². The highest BCUT2D eigenvalue weighted by molar-refractivity contribution is 6.06. The van der Waals surface area contributed by atoms with Crippen molar-refractivity contribution >= 4 is 41.7 Å². The zero-order valence-electron chi connectivity index (χ0n) is 21.9. The smallest absolute Gasteiger partial charge is 0.255 e. The van der Waals surface area contributed by atoms with Crippen molar-refractivity contribution in [2.45, 2.75) is 44.4 Å². The number of nitrogens with one attached hydrogen (secondary N) is 3. The molecule has 2 saturated heterocycles. The molecule has 39 heavy (non-hydrogen) atoms. The van der Waals surface area contributed by atoms with E-state index in [-0.39, 0.29) is 62.7 Å². The molecule has 12 nitrogen and oxygen atoms in total. The number of hydrogen-bond acceptors (Lipinski definition) is 9. The number of piperidine rings is 2. The average Bonchev–Trinajstić information content (AvgIpc) is 3.25. The van der Waals surface area contributed by atoms with Crippen LogP contribution in [0, 0.1) is 0 Å². The molecular formula is C26H37ClN4O8. The molecule has 4 amide bonds. The van der Waals surface area contributed by atoms with Crippen LogP contribution < -0.4 is 16.0 Å². The number of ether oxygens (including phenoxy) is 4. The standard InChI is InChI=1S/C26H36N4O8.ClH/c31-23-5-4-22(25(33)29-23)30-16-20-19(26(30)34)2-1-3-21(20)28-24(32)17-37-13-12-35-10-11-36-14-15-38-18-6-8-27-9-7-18;/h1-3,18,22,27H,4-17H2,(H,28,32)(H,29,31,33);1H. The highest BCUT2D eigenvalue weighted by Crippen LogP contribution is 2.32. The summed E-state index contributed by atoms with van der Waals surface area (Å²) in [6.45, 7) is 4.60. The lowest BCUT2D eigenvalue weighted by atomic mass is 10.0. The highest BCUT2D eigenvalue weighted by Gasteiger charge is 2.39. The molecule has 0 aromatic heterocycles. The molecule has 0 radical (unpaired) electrons. The van der Waals surface area contributed by atoms with Crippen molar-refractivity contribution in [1.29, 1.82) is 0 Å². The number of carbonyl (C=O) groups is 4. The van der Waals surface area contributed by atoms with Gasteiger partial charge in [-0.05, 0) is 44.5 Å². The topological polar surface area (TPSA) is 145 Å². The summed E-state index contributed by atoms with van der Waals surface area (Å²) in [5, 5.41) is 8.37. The Labute approximate surface area is 233 Å². The van der Waals surface area contributed by atoms with Gasteiger partial charge in [0.2, 0.25) is 17.7 Å². The van der Waals surface area contributed by atoms with Gasteiger partial charge in [-0.2, -0.15) is 0 Å². The summed E-state index contributed by atoms with van der Waals surface area (Å²) in [5.41, 5.74) is 1.57. The molecule has 0 bridgehead atoms. The molecular weight excluding hydrogens is 532 g/mol. The fourth-order valence-corrected chi connectivity index (χ4v) is 4.73. The molecule has 3 heterocycles. The fourth-order valence-electron chi connectivity index (χ4n) is 4.73. The van der Waals surface area contributed by atoms with Gasteiger partial charge >= 0.3 is 0 Å². The van der Waals surface area contributed by atoms with E-state index in [4.69, 9.17) is 18.9 Å². The maximum atomic E-state index is 12.9. The third kappa shape index (κ3) is 8.95. The fraction of sp³-hybridized carbons (Fsp3) is 0.615. The first-order chi connectivity index (χ1) is 18.5. The second kappa shape index (κ2) is 15.8. The summed E-state index contributed by atoms with van der Waals surface area (Å²) in [5.74, 6) is -1.47. The van der Waals surface area contributed by atoms with Crippen LogP contribution >= 0.6 is 12.4 Å². The van der Waals surface area contributed by atoms with Crippen molar-refractivity contribution in [3.05, 3.63) is 29.3 Å². The Morgan fingerprint density at radius 3 is 2.36 bits per heavy atom. The number of hydrogen-bond donors (Lipinski definition) is 3. The summed E-state index contributed by atoms with van der Waals surface area (Å²) in [4.78, 5) is 50.4. The molecule has 1 aromatic rings. The van der Waals surface area contributed by atoms with E-state index in [1.54, 1.807) is 18.2 Å². The zero-order valence-corrected chi connectivity index (χ0v) is 22.7. The maximum absolute atomic E-state index is 12.9. The van der Waals surface area contributed by atoms with Gasteiger partial charge in [0.25, 0.3) is 5.91 Å². The number of amides is 4. The van der Waals surface area contributed by atoms with E-state index in [9.17, 15) is 19.2 Å². The Hall–Kier alpha value is -2.61. The Morgan fingerprint density at radius 1 is 0.949 bits per heavy atom. The minimum Gasteiger partial charge on any atom is -0.377 e. The van der Waals surface area contributed by atoms with Gasteiger partial charge in [0.05, 0.1) is 45.7 Å². The number of benzene rings is 1. The Morgan fingerprint density at radius 2 is 1.64 bits per heavy atom. The molecule has 0 spiro atoms. The average molecular weight is 569 g/mol. The van der Waals surface area contributed by atoms with Crippen molar-refractivity contribution in [2.24, 2.45) is 0 Å². The number of halogens is 1. The summed E-state index contributed by atoms with van der Waals surface area (Å²) in [7, 11) is 0. The van der Waals surface area contributed by atoms with Crippen LogP contribution in [0.4, 0.5) is 5.69 Å². The van der Waals surface area contributed by atoms with Crippen LogP contribution in [0.1, 0.15) is 41.6 Å². The van der Waals surface area contributed by atoms with Crippen molar-refractivity contribution in [3.63, 3.8) is 0 Å². The number of anilines is 1. The first-order valence-electron chi connectivity index (χ1n) is 13.1. The first kappa shape index (κ1) is 30.9. The predicted octanol–water partition coefficient (Wildman–Crippen LogP) is 0.626. The molecule has 0 aliphatic carbocycles. The summed E-state index contributed by atoms with van der Waals surface area (Å²) < 4.78 is 22.1. The van der Waals surface area contributed by atoms with Crippen LogP contribution in [0.25, 0.3) is 0 Å². The van der Waals surface area contributed by atoms with Gasteiger partial charge in [-0.3, -0.25) is 24.5 Å². The van der Waals surface area contributed by atoms with Crippen molar-refractivity contribution in [3.8, 4) is 0 Å². The Kier molecular flexibility index (Phi) is 12.6. The van der Waals surface area contributed by atoms with E-state index in [0.29, 0.717) is 56.0 Å². The quantitative estimate of drug-likeness (QED) is 0.217. The summed E-state index contributed by atoms with van der Waals surface area (Å²) in [6.07, 6.45) is 2.86. The largest absolute Gasteiger partial charge is 0.377 e. The lowest BCUT2D eigenvalue weighted by Crippen LogP contribution is -2.52. The van der Waals surface area contributed by atoms with Crippen LogP contribution in [0.3, 0.4) is 0 Å².